The summed E-state index contributed by atoms with van der Waals surface area (Å²) in [5.41, 5.74) is 0.790. The van der Waals surface area contributed by atoms with Gasteiger partial charge in [0.2, 0.25) is 0 Å². The molecule has 1 amide bonds. The third kappa shape index (κ3) is 4.93. The summed E-state index contributed by atoms with van der Waals surface area (Å²) in [6, 6.07) is 20.0. The molecule has 0 saturated carbocycles. The van der Waals surface area contributed by atoms with Crippen molar-refractivity contribution in [1.82, 2.24) is 9.78 Å². The average Bonchev–Trinajstić information content (AvgIpc) is 2.89. The van der Waals surface area contributed by atoms with Gasteiger partial charge in [-0.1, -0.05) is 48.5 Å². The molecule has 35 heavy (non-hydrogen) atoms. The van der Waals surface area contributed by atoms with Gasteiger partial charge >= 0.3 is 11.9 Å². The van der Waals surface area contributed by atoms with Crippen LogP contribution in [0.1, 0.15) is 36.8 Å². The lowest BCUT2D eigenvalue weighted by Gasteiger charge is -2.13. The quantitative estimate of drug-likeness (QED) is 0.429. The van der Waals surface area contributed by atoms with Gasteiger partial charge in [0.1, 0.15) is 0 Å². The summed E-state index contributed by atoms with van der Waals surface area (Å²) < 4.78 is 10.7. The fourth-order valence-electron chi connectivity index (χ4n) is 3.63. The smallest absolute Gasteiger partial charge is 0.337 e. The van der Waals surface area contributed by atoms with Crippen LogP contribution in [0.25, 0.3) is 10.8 Å². The predicted octanol–water partition coefficient (Wildman–Crippen LogP) is 3.27. The number of ether oxygens (including phenoxy) is 2. The van der Waals surface area contributed by atoms with Crippen molar-refractivity contribution in [3.63, 3.8) is 0 Å². The van der Waals surface area contributed by atoms with Gasteiger partial charge in [0, 0.05) is 11.1 Å². The second-order valence-corrected chi connectivity index (χ2v) is 7.58. The molecule has 1 aromatic heterocycles. The second-order valence-electron chi connectivity index (χ2n) is 7.58. The highest BCUT2D eigenvalue weighted by Crippen LogP contribution is 2.20. The lowest BCUT2D eigenvalue weighted by Crippen LogP contribution is -2.28. The van der Waals surface area contributed by atoms with Gasteiger partial charge in [-0.15, -0.1) is 0 Å². The largest absolute Gasteiger partial charge is 0.465 e. The molecule has 0 aliphatic rings. The molecule has 0 fully saturated rings. The first-order chi connectivity index (χ1) is 16.9. The van der Waals surface area contributed by atoms with Crippen LogP contribution in [0.15, 0.2) is 77.6 Å². The molecule has 4 rings (SSSR count). The van der Waals surface area contributed by atoms with Gasteiger partial charge in [-0.25, -0.2) is 14.3 Å². The number of esters is 2. The average molecular weight is 471 g/mol. The minimum absolute atomic E-state index is 0.0132. The van der Waals surface area contributed by atoms with Crippen molar-refractivity contribution in [3.8, 4) is 0 Å². The number of anilines is 1. The monoisotopic (exact) mass is 471 g/mol. The van der Waals surface area contributed by atoms with Crippen LogP contribution >= 0.6 is 0 Å². The molecular weight excluding hydrogens is 450 g/mol. The van der Waals surface area contributed by atoms with Gasteiger partial charge in [0.25, 0.3) is 11.5 Å². The van der Waals surface area contributed by atoms with E-state index in [1.54, 1.807) is 24.3 Å². The second kappa shape index (κ2) is 10.0. The molecule has 0 atom stereocenters. The fourth-order valence-corrected chi connectivity index (χ4v) is 3.63. The number of nitrogens with zero attached hydrogens (tertiary/aromatic N) is 2. The van der Waals surface area contributed by atoms with Crippen molar-refractivity contribution in [1.29, 1.82) is 0 Å². The summed E-state index contributed by atoms with van der Waals surface area (Å²) in [5.74, 6) is -2.00. The van der Waals surface area contributed by atoms with Gasteiger partial charge < -0.3 is 14.8 Å². The molecule has 9 nitrogen and oxygen atoms in total. The summed E-state index contributed by atoms with van der Waals surface area (Å²) in [5, 5.41) is 7.72. The van der Waals surface area contributed by atoms with Gasteiger partial charge in [-0.2, -0.15) is 5.10 Å². The van der Waals surface area contributed by atoms with E-state index in [9.17, 15) is 19.2 Å². The van der Waals surface area contributed by atoms with E-state index in [2.05, 4.69) is 10.4 Å². The molecule has 0 radical (unpaired) electrons. The Labute approximate surface area is 199 Å². The number of hydrogen-bond donors (Lipinski definition) is 1. The Morgan fingerprint density at radius 3 is 2.00 bits per heavy atom. The summed E-state index contributed by atoms with van der Waals surface area (Å²) in [4.78, 5) is 50.5. The molecule has 1 heterocycles. The van der Waals surface area contributed by atoms with E-state index in [0.29, 0.717) is 10.8 Å². The number of carbonyl (C=O) groups is 3. The standard InChI is InChI=1S/C26H21N3O6/c1-34-25(32)17-12-18(26(33)35-2)14-19(13-17)27-23(30)22-20-10-6-7-11-21(20)24(31)29(28-22)15-16-8-4-3-5-9-16/h3-14H,15H2,1-2H3,(H,27,30). The Morgan fingerprint density at radius 2 is 1.40 bits per heavy atom. The number of benzene rings is 3. The van der Waals surface area contributed by atoms with Crippen molar-refractivity contribution in [2.75, 3.05) is 19.5 Å². The summed E-state index contributed by atoms with van der Waals surface area (Å²) in [6.45, 7) is 0.176. The maximum atomic E-state index is 13.3. The van der Waals surface area contributed by atoms with Crippen molar-refractivity contribution in [2.24, 2.45) is 0 Å². The maximum Gasteiger partial charge on any atom is 0.337 e. The molecule has 0 saturated heterocycles. The van der Waals surface area contributed by atoms with Gasteiger partial charge in [0.15, 0.2) is 5.69 Å². The minimum Gasteiger partial charge on any atom is -0.465 e. The fraction of sp³-hybridized carbons (Fsp3) is 0.115. The summed E-state index contributed by atoms with van der Waals surface area (Å²) >= 11 is 0. The molecule has 0 unspecified atom stereocenters. The first-order valence-corrected chi connectivity index (χ1v) is 10.6. The number of amides is 1. The van der Waals surface area contributed by atoms with Crippen molar-refractivity contribution >= 4 is 34.3 Å². The molecule has 3 aromatic carbocycles. The molecule has 176 valence electrons. The number of aromatic nitrogens is 2. The zero-order valence-electron chi connectivity index (χ0n) is 19.0. The molecule has 0 aliphatic carbocycles. The van der Waals surface area contributed by atoms with Crippen LogP contribution in [0.2, 0.25) is 0 Å². The minimum atomic E-state index is -0.689. The topological polar surface area (TPSA) is 117 Å². The van der Waals surface area contributed by atoms with Crippen LogP contribution in [0.4, 0.5) is 5.69 Å². The summed E-state index contributed by atoms with van der Waals surface area (Å²) in [7, 11) is 2.41. The first kappa shape index (κ1) is 23.4. The van der Waals surface area contributed by atoms with Gasteiger partial charge in [0.05, 0.1) is 37.3 Å². The molecule has 0 aliphatic heterocycles. The normalized spacial score (nSPS) is 10.6. The third-order valence-electron chi connectivity index (χ3n) is 5.29. The lowest BCUT2D eigenvalue weighted by molar-refractivity contribution is 0.0599. The van der Waals surface area contributed by atoms with Crippen LogP contribution in [-0.4, -0.2) is 41.8 Å². The van der Waals surface area contributed by atoms with Crippen molar-refractivity contribution in [2.45, 2.75) is 6.54 Å². The van der Waals surface area contributed by atoms with E-state index in [0.717, 1.165) is 5.56 Å². The lowest BCUT2D eigenvalue weighted by atomic mass is 10.1. The van der Waals surface area contributed by atoms with E-state index in [1.807, 2.05) is 30.3 Å². The highest BCUT2D eigenvalue weighted by molar-refractivity contribution is 6.11. The molecule has 9 heteroatoms. The van der Waals surface area contributed by atoms with Crippen molar-refractivity contribution < 1.29 is 23.9 Å². The maximum absolute atomic E-state index is 13.3. The third-order valence-corrected chi connectivity index (χ3v) is 5.29. The highest BCUT2D eigenvalue weighted by Gasteiger charge is 2.19. The Morgan fingerprint density at radius 1 is 0.829 bits per heavy atom. The van der Waals surface area contributed by atoms with Crippen LogP contribution in [0.5, 0.6) is 0 Å². The molecular formula is C26H21N3O6. The predicted molar refractivity (Wildman–Crippen MR) is 129 cm³/mol. The Kier molecular flexibility index (Phi) is 6.68. The van der Waals surface area contributed by atoms with E-state index in [4.69, 9.17) is 9.47 Å². The number of fused-ring (bicyclic) bond motifs is 1. The van der Waals surface area contributed by atoms with Crippen LogP contribution in [0, 0.1) is 0 Å². The van der Waals surface area contributed by atoms with Crippen LogP contribution in [-0.2, 0) is 16.0 Å². The Bertz CT molecular complexity index is 1460. The first-order valence-electron chi connectivity index (χ1n) is 10.6. The molecule has 4 aromatic rings. The van der Waals surface area contributed by atoms with E-state index in [-0.39, 0.29) is 34.6 Å². The number of nitrogens with one attached hydrogen (secondary N) is 1. The summed E-state index contributed by atoms with van der Waals surface area (Å²) in [6.07, 6.45) is 0. The van der Waals surface area contributed by atoms with Crippen LogP contribution < -0.4 is 10.9 Å². The van der Waals surface area contributed by atoms with Gasteiger partial charge in [-0.3, -0.25) is 9.59 Å². The highest BCUT2D eigenvalue weighted by atomic mass is 16.5. The van der Waals surface area contributed by atoms with E-state index in [1.165, 1.54) is 37.1 Å². The zero-order chi connectivity index (χ0) is 24.9. The molecule has 0 bridgehead atoms. The Balaban J connectivity index is 1.77. The zero-order valence-corrected chi connectivity index (χ0v) is 19.0. The number of rotatable bonds is 6. The van der Waals surface area contributed by atoms with Crippen LogP contribution in [0.3, 0.4) is 0 Å². The molecule has 1 N–H and O–H groups in total. The number of methoxy groups -OCH3 is 2. The number of hydrogen-bond acceptors (Lipinski definition) is 7. The molecule has 0 spiro atoms. The van der Waals surface area contributed by atoms with Gasteiger partial charge in [-0.05, 0) is 29.8 Å². The van der Waals surface area contributed by atoms with E-state index < -0.39 is 17.8 Å². The SMILES string of the molecule is COC(=O)c1cc(NC(=O)c2nn(Cc3ccccc3)c(=O)c3ccccc23)cc(C(=O)OC)c1. The van der Waals surface area contributed by atoms with Crippen molar-refractivity contribution in [3.05, 3.63) is 106 Å². The Hall–Kier alpha value is -4.79. The number of carbonyl (C=O) groups excluding carboxylic acids is 3. The van der Waals surface area contributed by atoms with E-state index >= 15 is 0 Å².